The van der Waals surface area contributed by atoms with E-state index in [4.69, 9.17) is 20.9 Å². The van der Waals surface area contributed by atoms with E-state index >= 15 is 0 Å². The molecule has 4 N–H and O–H groups in total. The molecule has 0 bridgehead atoms. The summed E-state index contributed by atoms with van der Waals surface area (Å²) in [5.41, 5.74) is 11.4. The summed E-state index contributed by atoms with van der Waals surface area (Å²) in [5.74, 6) is 0.615. The summed E-state index contributed by atoms with van der Waals surface area (Å²) >= 11 is 0. The first-order chi connectivity index (χ1) is 8.49. The minimum absolute atomic E-state index is 0.276. The van der Waals surface area contributed by atoms with E-state index in [0.717, 1.165) is 5.56 Å². The van der Waals surface area contributed by atoms with Gasteiger partial charge in [0.2, 0.25) is 0 Å². The molecule has 0 saturated carbocycles. The van der Waals surface area contributed by atoms with Crippen LogP contribution in [0.15, 0.2) is 12.1 Å². The highest BCUT2D eigenvalue weighted by Gasteiger charge is 2.16. The van der Waals surface area contributed by atoms with E-state index in [2.05, 4.69) is 0 Å². The zero-order valence-corrected chi connectivity index (χ0v) is 10.4. The maximum atomic E-state index is 10.9. The second kappa shape index (κ2) is 5.90. The SMILES string of the molecule is CCc1ccc(OC(N)=O)c(CC)c1OC(N)=O. The third-order valence-corrected chi connectivity index (χ3v) is 2.45. The highest BCUT2D eigenvalue weighted by molar-refractivity contribution is 5.72. The molecule has 1 aromatic carbocycles. The van der Waals surface area contributed by atoms with Crippen LogP contribution >= 0.6 is 0 Å². The lowest BCUT2D eigenvalue weighted by molar-refractivity contribution is 0.208. The summed E-state index contributed by atoms with van der Waals surface area (Å²) in [4.78, 5) is 21.7. The second-order valence-electron chi connectivity index (χ2n) is 3.58. The molecule has 0 aliphatic heterocycles. The first-order valence-corrected chi connectivity index (χ1v) is 5.58. The summed E-state index contributed by atoms with van der Waals surface area (Å²) in [7, 11) is 0. The number of hydrogen-bond acceptors (Lipinski definition) is 4. The van der Waals surface area contributed by atoms with Crippen molar-refractivity contribution in [2.75, 3.05) is 0 Å². The standard InChI is InChI=1S/C12H16N2O4/c1-3-7-5-6-9(17-11(13)15)8(4-2)10(7)18-12(14)16/h5-6H,3-4H2,1-2H3,(H2,13,15)(H2,14,16). The van der Waals surface area contributed by atoms with Gasteiger partial charge >= 0.3 is 12.2 Å². The van der Waals surface area contributed by atoms with E-state index in [1.165, 1.54) is 0 Å². The van der Waals surface area contributed by atoms with Gasteiger partial charge in [-0.2, -0.15) is 0 Å². The second-order valence-corrected chi connectivity index (χ2v) is 3.58. The van der Waals surface area contributed by atoms with Gasteiger partial charge in [-0.1, -0.05) is 19.9 Å². The first-order valence-electron chi connectivity index (χ1n) is 5.58. The summed E-state index contributed by atoms with van der Waals surface area (Å²) in [6, 6.07) is 3.33. The molecule has 98 valence electrons. The van der Waals surface area contributed by atoms with Gasteiger partial charge in [-0.05, 0) is 24.5 Å². The van der Waals surface area contributed by atoms with E-state index in [0.29, 0.717) is 24.2 Å². The molecular formula is C12H16N2O4. The fraction of sp³-hybridized carbons (Fsp3) is 0.333. The monoisotopic (exact) mass is 252 g/mol. The van der Waals surface area contributed by atoms with Crippen molar-refractivity contribution in [1.29, 1.82) is 0 Å². The third-order valence-electron chi connectivity index (χ3n) is 2.45. The molecule has 0 aromatic heterocycles. The molecule has 18 heavy (non-hydrogen) atoms. The fourth-order valence-electron chi connectivity index (χ4n) is 1.70. The Labute approximate surface area is 105 Å². The van der Waals surface area contributed by atoms with Crippen molar-refractivity contribution < 1.29 is 19.1 Å². The summed E-state index contributed by atoms with van der Waals surface area (Å²) in [5, 5.41) is 0. The Morgan fingerprint density at radius 3 is 2.11 bits per heavy atom. The molecule has 1 aromatic rings. The van der Waals surface area contributed by atoms with E-state index in [1.807, 2.05) is 13.8 Å². The third kappa shape index (κ3) is 3.13. The number of ether oxygens (including phenoxy) is 2. The number of primary amides is 2. The van der Waals surface area contributed by atoms with Crippen molar-refractivity contribution in [3.8, 4) is 11.5 Å². The molecular weight excluding hydrogens is 236 g/mol. The Morgan fingerprint density at radius 2 is 1.67 bits per heavy atom. The summed E-state index contributed by atoms with van der Waals surface area (Å²) in [6.07, 6.45) is -0.652. The minimum Gasteiger partial charge on any atom is -0.410 e. The van der Waals surface area contributed by atoms with Crippen molar-refractivity contribution >= 4 is 12.2 Å². The van der Waals surface area contributed by atoms with Crippen LogP contribution in [0.5, 0.6) is 11.5 Å². The van der Waals surface area contributed by atoms with Crippen LogP contribution in [0.1, 0.15) is 25.0 Å². The molecule has 0 unspecified atom stereocenters. The van der Waals surface area contributed by atoms with Crippen LogP contribution in [-0.2, 0) is 12.8 Å². The molecule has 0 fully saturated rings. The zero-order valence-electron chi connectivity index (χ0n) is 10.4. The van der Waals surface area contributed by atoms with Gasteiger partial charge in [0.05, 0.1) is 0 Å². The van der Waals surface area contributed by atoms with Gasteiger partial charge < -0.3 is 20.9 Å². The molecule has 2 amide bonds. The Bertz CT molecular complexity index is 471. The number of rotatable bonds is 4. The quantitative estimate of drug-likeness (QED) is 0.851. The molecule has 0 heterocycles. The lowest BCUT2D eigenvalue weighted by Gasteiger charge is -2.15. The molecule has 0 saturated heterocycles. The van der Waals surface area contributed by atoms with E-state index in [-0.39, 0.29) is 5.75 Å². The van der Waals surface area contributed by atoms with E-state index < -0.39 is 12.2 Å². The molecule has 1 rings (SSSR count). The first kappa shape index (κ1) is 13.8. The number of amides is 2. The molecule has 0 spiro atoms. The maximum absolute atomic E-state index is 10.9. The number of hydrogen-bond donors (Lipinski definition) is 2. The number of aryl methyl sites for hydroxylation is 1. The van der Waals surface area contributed by atoms with E-state index in [9.17, 15) is 9.59 Å². The predicted octanol–water partition coefficient (Wildman–Crippen LogP) is 1.73. The van der Waals surface area contributed by atoms with Crippen molar-refractivity contribution in [2.24, 2.45) is 11.5 Å². The number of carbonyl (C=O) groups is 2. The molecule has 6 nitrogen and oxygen atoms in total. The Kier molecular flexibility index (Phi) is 4.53. The lowest BCUT2D eigenvalue weighted by atomic mass is 10.0. The maximum Gasteiger partial charge on any atom is 0.409 e. The van der Waals surface area contributed by atoms with Crippen molar-refractivity contribution in [3.63, 3.8) is 0 Å². The fourth-order valence-corrected chi connectivity index (χ4v) is 1.70. The Balaban J connectivity index is 3.31. The highest BCUT2D eigenvalue weighted by Crippen LogP contribution is 2.33. The molecule has 0 atom stereocenters. The normalized spacial score (nSPS) is 9.89. The average Bonchev–Trinajstić information content (AvgIpc) is 2.28. The zero-order chi connectivity index (χ0) is 13.7. The van der Waals surface area contributed by atoms with Crippen molar-refractivity contribution in [2.45, 2.75) is 26.7 Å². The van der Waals surface area contributed by atoms with Crippen LogP contribution < -0.4 is 20.9 Å². The van der Waals surface area contributed by atoms with Crippen molar-refractivity contribution in [1.82, 2.24) is 0 Å². The number of nitrogens with two attached hydrogens (primary N) is 2. The Morgan fingerprint density at radius 1 is 1.06 bits per heavy atom. The molecule has 0 radical (unpaired) electrons. The van der Waals surface area contributed by atoms with Gasteiger partial charge in [0, 0.05) is 5.56 Å². The predicted molar refractivity (Wildman–Crippen MR) is 65.6 cm³/mol. The largest absolute Gasteiger partial charge is 0.410 e. The summed E-state index contributed by atoms with van der Waals surface area (Å²) < 4.78 is 9.85. The van der Waals surface area contributed by atoms with Crippen LogP contribution in [-0.4, -0.2) is 12.2 Å². The smallest absolute Gasteiger partial charge is 0.409 e. The molecule has 0 aliphatic carbocycles. The lowest BCUT2D eigenvalue weighted by Crippen LogP contribution is -2.20. The van der Waals surface area contributed by atoms with Crippen LogP contribution in [0.4, 0.5) is 9.59 Å². The molecule has 0 aliphatic rings. The van der Waals surface area contributed by atoms with E-state index in [1.54, 1.807) is 12.1 Å². The van der Waals surface area contributed by atoms with Gasteiger partial charge in [-0.25, -0.2) is 9.59 Å². The van der Waals surface area contributed by atoms with Gasteiger partial charge in [-0.3, -0.25) is 0 Å². The van der Waals surface area contributed by atoms with Crippen LogP contribution in [0, 0.1) is 0 Å². The summed E-state index contributed by atoms with van der Waals surface area (Å²) in [6.45, 7) is 3.76. The highest BCUT2D eigenvalue weighted by atomic mass is 16.6. The van der Waals surface area contributed by atoms with Crippen LogP contribution in [0.3, 0.4) is 0 Å². The van der Waals surface area contributed by atoms with Gasteiger partial charge in [0.1, 0.15) is 11.5 Å². The number of benzene rings is 1. The molecule has 6 heteroatoms. The van der Waals surface area contributed by atoms with Crippen LogP contribution in [0.2, 0.25) is 0 Å². The van der Waals surface area contributed by atoms with Gasteiger partial charge in [0.25, 0.3) is 0 Å². The Hall–Kier alpha value is -2.24. The van der Waals surface area contributed by atoms with Crippen LogP contribution in [0.25, 0.3) is 0 Å². The number of carbonyl (C=O) groups excluding carboxylic acids is 2. The minimum atomic E-state index is -0.918. The van der Waals surface area contributed by atoms with Crippen molar-refractivity contribution in [3.05, 3.63) is 23.3 Å². The van der Waals surface area contributed by atoms with Gasteiger partial charge in [0.15, 0.2) is 0 Å². The van der Waals surface area contributed by atoms with Gasteiger partial charge in [-0.15, -0.1) is 0 Å². The average molecular weight is 252 g/mol. The topological polar surface area (TPSA) is 105 Å².